The number of rotatable bonds is 8. The van der Waals surface area contributed by atoms with E-state index in [0.29, 0.717) is 26.3 Å². The van der Waals surface area contributed by atoms with Gasteiger partial charge in [0.1, 0.15) is 0 Å². The number of ether oxygens (including phenoxy) is 1. The van der Waals surface area contributed by atoms with E-state index in [-0.39, 0.29) is 4.87 Å². The molecular weight excluding hydrogens is 284 g/mol. The molecule has 0 saturated carbocycles. The Morgan fingerprint density at radius 1 is 1.47 bits per heavy atom. The first-order valence-corrected chi connectivity index (χ1v) is 7.65. The van der Waals surface area contributed by atoms with Crippen LogP contribution in [-0.2, 0) is 17.9 Å². The molecule has 2 rings (SSSR count). The number of H-pyrrole nitrogens is 1. The van der Waals surface area contributed by atoms with Crippen molar-refractivity contribution < 1.29 is 9.84 Å². The number of thiazole rings is 1. The molecule has 2 aromatic heterocycles. The minimum Gasteiger partial charge on any atom is -0.389 e. The molecule has 3 N–H and O–H groups in total. The average Bonchev–Trinajstić information content (AvgIpc) is 3.01. The van der Waals surface area contributed by atoms with Gasteiger partial charge in [-0.15, -0.1) is 11.3 Å². The molecule has 2 aromatic rings. The molecule has 0 bridgehead atoms. The highest BCUT2D eigenvalue weighted by Gasteiger charge is 2.05. The summed E-state index contributed by atoms with van der Waals surface area (Å²) in [5.41, 5.74) is 0.835. The van der Waals surface area contributed by atoms with Crippen LogP contribution in [0.3, 0.4) is 0 Å². The van der Waals surface area contributed by atoms with Crippen LogP contribution in [0.1, 0.15) is 10.6 Å². The second-order valence-corrected chi connectivity index (χ2v) is 5.93. The highest BCUT2D eigenvalue weighted by Crippen LogP contribution is 2.09. The Morgan fingerprint density at radius 3 is 3.05 bits per heavy atom. The van der Waals surface area contributed by atoms with Crippen LogP contribution in [0.15, 0.2) is 27.7 Å². The number of aliphatic hydroxyl groups is 1. The molecule has 1 atom stereocenters. The Morgan fingerprint density at radius 2 is 2.37 bits per heavy atom. The maximum atomic E-state index is 10.9. The van der Waals surface area contributed by atoms with Crippen molar-refractivity contribution in [2.24, 2.45) is 0 Å². The van der Waals surface area contributed by atoms with Gasteiger partial charge in [-0.3, -0.25) is 4.79 Å². The van der Waals surface area contributed by atoms with Gasteiger partial charge in [-0.1, -0.05) is 17.4 Å². The van der Waals surface area contributed by atoms with Gasteiger partial charge in [0.25, 0.3) is 0 Å². The second-order valence-electron chi connectivity index (χ2n) is 4.05. The monoisotopic (exact) mass is 300 g/mol. The van der Waals surface area contributed by atoms with Gasteiger partial charge in [-0.05, 0) is 11.4 Å². The van der Waals surface area contributed by atoms with Gasteiger partial charge in [-0.2, -0.15) is 0 Å². The molecule has 1 unspecified atom stereocenters. The van der Waals surface area contributed by atoms with E-state index in [4.69, 9.17) is 4.74 Å². The fourth-order valence-corrected chi connectivity index (χ4v) is 2.75. The van der Waals surface area contributed by atoms with Crippen LogP contribution in [0.5, 0.6) is 0 Å². The van der Waals surface area contributed by atoms with Crippen molar-refractivity contribution >= 4 is 22.7 Å². The van der Waals surface area contributed by atoms with Crippen LogP contribution < -0.4 is 10.2 Å². The minimum absolute atomic E-state index is 0.0587. The van der Waals surface area contributed by atoms with Crippen LogP contribution in [0.2, 0.25) is 0 Å². The second kappa shape index (κ2) is 7.56. The molecule has 0 saturated heterocycles. The summed E-state index contributed by atoms with van der Waals surface area (Å²) in [5.74, 6) is 0. The van der Waals surface area contributed by atoms with Crippen molar-refractivity contribution in [2.75, 3.05) is 13.2 Å². The summed E-state index contributed by atoms with van der Waals surface area (Å²) >= 11 is 2.78. The highest BCUT2D eigenvalue weighted by atomic mass is 32.1. The van der Waals surface area contributed by atoms with Gasteiger partial charge < -0.3 is 20.1 Å². The smallest absolute Gasteiger partial charge is 0.304 e. The fraction of sp³-hybridized carbons (Fsp3) is 0.417. The van der Waals surface area contributed by atoms with Gasteiger partial charge in [0, 0.05) is 29.0 Å². The lowest BCUT2D eigenvalue weighted by atomic mass is 10.3. The maximum Gasteiger partial charge on any atom is 0.304 e. The molecule has 0 spiro atoms. The summed E-state index contributed by atoms with van der Waals surface area (Å²) in [4.78, 5) is 14.7. The van der Waals surface area contributed by atoms with Crippen molar-refractivity contribution in [3.8, 4) is 0 Å². The van der Waals surface area contributed by atoms with Crippen LogP contribution in [0, 0.1) is 0 Å². The average molecular weight is 300 g/mol. The van der Waals surface area contributed by atoms with E-state index < -0.39 is 6.10 Å². The summed E-state index contributed by atoms with van der Waals surface area (Å²) in [6.07, 6.45) is -0.551. The van der Waals surface area contributed by atoms with Gasteiger partial charge >= 0.3 is 4.87 Å². The Bertz CT molecular complexity index is 521. The van der Waals surface area contributed by atoms with Crippen molar-refractivity contribution in [1.29, 1.82) is 0 Å². The van der Waals surface area contributed by atoms with Gasteiger partial charge in [0.05, 0.1) is 19.3 Å². The Hall–Kier alpha value is -0.990. The summed E-state index contributed by atoms with van der Waals surface area (Å²) in [6, 6.07) is 3.98. The van der Waals surface area contributed by atoms with Gasteiger partial charge in [0.15, 0.2) is 0 Å². The lowest BCUT2D eigenvalue weighted by Crippen LogP contribution is -2.30. The van der Waals surface area contributed by atoms with Crippen LogP contribution in [-0.4, -0.2) is 29.3 Å². The third-order valence-corrected chi connectivity index (χ3v) is 3.97. The first kappa shape index (κ1) is 14.4. The molecule has 0 aliphatic carbocycles. The van der Waals surface area contributed by atoms with E-state index in [1.807, 2.05) is 17.5 Å². The Balaban J connectivity index is 1.57. The number of hydrogen-bond donors (Lipinski definition) is 3. The van der Waals surface area contributed by atoms with Gasteiger partial charge in [0.2, 0.25) is 0 Å². The molecular formula is C12H16N2O3S2. The van der Waals surface area contributed by atoms with E-state index in [1.54, 1.807) is 16.7 Å². The first-order valence-electron chi connectivity index (χ1n) is 5.89. The van der Waals surface area contributed by atoms with E-state index in [9.17, 15) is 9.90 Å². The molecule has 0 aliphatic rings. The number of aromatic amines is 1. The predicted molar refractivity (Wildman–Crippen MR) is 76.6 cm³/mol. The van der Waals surface area contributed by atoms with Crippen molar-refractivity contribution in [2.45, 2.75) is 19.3 Å². The van der Waals surface area contributed by atoms with Crippen LogP contribution in [0.4, 0.5) is 0 Å². The predicted octanol–water partition coefficient (Wildman–Crippen LogP) is 1.17. The largest absolute Gasteiger partial charge is 0.389 e. The van der Waals surface area contributed by atoms with Crippen molar-refractivity contribution in [3.05, 3.63) is 43.1 Å². The zero-order chi connectivity index (χ0) is 13.5. The number of nitrogens with one attached hydrogen (secondary N) is 2. The van der Waals surface area contributed by atoms with Crippen molar-refractivity contribution in [1.82, 2.24) is 10.3 Å². The zero-order valence-corrected chi connectivity index (χ0v) is 11.9. The SMILES string of the molecule is O=c1[nH]c(CNCC(O)COCc2cccs2)cs1. The topological polar surface area (TPSA) is 74.4 Å². The first-order chi connectivity index (χ1) is 9.24. The molecule has 0 aromatic carbocycles. The standard InChI is InChI=1S/C12H16N2O3S2/c15-10(6-17-7-11-2-1-3-18-11)5-13-4-9-8-19-12(16)14-9/h1-3,8,10,13,15H,4-7H2,(H,14,16). The molecule has 7 heteroatoms. The number of aromatic nitrogens is 1. The summed E-state index contributed by atoms with van der Waals surface area (Å²) in [5, 5.41) is 16.5. The summed E-state index contributed by atoms with van der Waals surface area (Å²) in [7, 11) is 0. The molecule has 2 heterocycles. The number of hydrogen-bond acceptors (Lipinski definition) is 6. The summed E-state index contributed by atoms with van der Waals surface area (Å²) in [6.45, 7) is 1.81. The lowest BCUT2D eigenvalue weighted by Gasteiger charge is -2.11. The van der Waals surface area contributed by atoms with E-state index in [2.05, 4.69) is 10.3 Å². The van der Waals surface area contributed by atoms with Gasteiger partial charge in [-0.25, -0.2) is 0 Å². The van der Waals surface area contributed by atoms with Crippen LogP contribution in [0.25, 0.3) is 0 Å². The molecule has 19 heavy (non-hydrogen) atoms. The quantitative estimate of drug-likeness (QED) is 0.684. The Kier molecular flexibility index (Phi) is 5.74. The minimum atomic E-state index is -0.551. The molecule has 0 aliphatic heterocycles. The third kappa shape index (κ3) is 5.25. The summed E-state index contributed by atoms with van der Waals surface area (Å²) < 4.78 is 5.41. The van der Waals surface area contributed by atoms with E-state index in [0.717, 1.165) is 21.9 Å². The maximum absolute atomic E-state index is 10.9. The molecule has 5 nitrogen and oxygen atoms in total. The molecule has 0 fully saturated rings. The molecule has 0 amide bonds. The molecule has 104 valence electrons. The highest BCUT2D eigenvalue weighted by molar-refractivity contribution is 7.09. The Labute approximate surface area is 118 Å². The van der Waals surface area contributed by atoms with E-state index >= 15 is 0 Å². The lowest BCUT2D eigenvalue weighted by molar-refractivity contribution is 0.0297. The fourth-order valence-electron chi connectivity index (χ4n) is 1.52. The number of thiophene rings is 1. The van der Waals surface area contributed by atoms with Crippen molar-refractivity contribution in [3.63, 3.8) is 0 Å². The third-order valence-electron chi connectivity index (χ3n) is 2.40. The molecule has 0 radical (unpaired) electrons. The number of aliphatic hydroxyl groups excluding tert-OH is 1. The van der Waals surface area contributed by atoms with E-state index in [1.165, 1.54) is 0 Å². The van der Waals surface area contributed by atoms with Crippen LogP contribution >= 0.6 is 22.7 Å². The normalized spacial score (nSPS) is 12.7. The zero-order valence-electron chi connectivity index (χ0n) is 10.3.